The summed E-state index contributed by atoms with van der Waals surface area (Å²) in [5, 5.41) is 7.71. The zero-order valence-electron chi connectivity index (χ0n) is 15.2. The third-order valence-electron chi connectivity index (χ3n) is 4.53. The quantitative estimate of drug-likeness (QED) is 0.868. The van der Waals surface area contributed by atoms with Crippen LogP contribution in [-0.2, 0) is 16.6 Å². The summed E-state index contributed by atoms with van der Waals surface area (Å²) in [6, 6.07) is 1.76. The van der Waals surface area contributed by atoms with E-state index in [0.29, 0.717) is 11.4 Å². The van der Waals surface area contributed by atoms with Gasteiger partial charge < -0.3 is 0 Å². The average Bonchev–Trinajstić information content (AvgIpc) is 2.97. The highest BCUT2D eigenvalue weighted by Gasteiger charge is 2.27. The van der Waals surface area contributed by atoms with E-state index in [2.05, 4.69) is 15.0 Å². The first-order valence-electron chi connectivity index (χ1n) is 8.07. The molecule has 1 heterocycles. The zero-order valence-corrected chi connectivity index (χ0v) is 16.0. The van der Waals surface area contributed by atoms with Gasteiger partial charge in [-0.25, -0.2) is 13.1 Å². The van der Waals surface area contributed by atoms with Gasteiger partial charge in [-0.15, -0.1) is 5.10 Å². The third-order valence-corrected chi connectivity index (χ3v) is 6.30. The molecule has 0 amide bonds. The van der Waals surface area contributed by atoms with E-state index in [0.717, 1.165) is 22.3 Å². The molecule has 1 aromatic carbocycles. The predicted molar refractivity (Wildman–Crippen MR) is 94.4 cm³/mol. The number of aromatic nitrogens is 3. The van der Waals surface area contributed by atoms with Crippen LogP contribution in [0.1, 0.15) is 36.1 Å². The molecule has 0 radical (unpaired) electrons. The molecule has 1 N–H and O–H groups in total. The van der Waals surface area contributed by atoms with Crippen molar-refractivity contribution in [1.82, 2.24) is 19.7 Å². The van der Waals surface area contributed by atoms with E-state index in [-0.39, 0.29) is 12.0 Å². The first kappa shape index (κ1) is 18.6. The topological polar surface area (TPSA) is 76.9 Å². The van der Waals surface area contributed by atoms with Gasteiger partial charge in [0.2, 0.25) is 10.0 Å². The van der Waals surface area contributed by atoms with Gasteiger partial charge in [0.1, 0.15) is 0 Å². The lowest BCUT2D eigenvalue weighted by molar-refractivity contribution is 0.378. The standard InChI is InChI=1S/C17H26N4O2S/c1-11(2)16(10-21-8-7-18-20-21)19-24(22,23)17-14(5)12(3)9-13(4)15(17)6/h7-9,11,16,19H,10H2,1-6H3. The zero-order chi connectivity index (χ0) is 18.1. The van der Waals surface area contributed by atoms with Gasteiger partial charge in [0, 0.05) is 12.2 Å². The second-order valence-corrected chi connectivity index (χ2v) is 8.34. The number of hydrogen-bond acceptors (Lipinski definition) is 4. The molecule has 1 aromatic heterocycles. The number of aryl methyl sites for hydroxylation is 2. The number of nitrogens with one attached hydrogen (secondary N) is 1. The molecule has 0 aliphatic rings. The molecule has 7 heteroatoms. The van der Waals surface area contributed by atoms with Crippen molar-refractivity contribution in [1.29, 1.82) is 0 Å². The van der Waals surface area contributed by atoms with Crippen LogP contribution in [-0.4, -0.2) is 29.5 Å². The summed E-state index contributed by atoms with van der Waals surface area (Å²) in [5.41, 5.74) is 3.56. The molecule has 0 saturated carbocycles. The monoisotopic (exact) mass is 350 g/mol. The SMILES string of the molecule is Cc1cc(C)c(C)c(S(=O)(=O)NC(Cn2ccnn2)C(C)C)c1C. The highest BCUT2D eigenvalue weighted by Crippen LogP contribution is 2.26. The Morgan fingerprint density at radius 1 is 1.12 bits per heavy atom. The Labute approximate surface area is 144 Å². The van der Waals surface area contributed by atoms with Crippen LogP contribution >= 0.6 is 0 Å². The Balaban J connectivity index is 2.39. The molecule has 0 bridgehead atoms. The number of nitrogens with zero attached hydrogens (tertiary/aromatic N) is 3. The third kappa shape index (κ3) is 3.84. The van der Waals surface area contributed by atoms with Crippen LogP contribution in [0.3, 0.4) is 0 Å². The number of rotatable bonds is 6. The molecule has 1 atom stereocenters. The van der Waals surface area contributed by atoms with E-state index in [4.69, 9.17) is 0 Å². The molecule has 0 fully saturated rings. The molecule has 24 heavy (non-hydrogen) atoms. The van der Waals surface area contributed by atoms with E-state index in [1.807, 2.05) is 47.6 Å². The fourth-order valence-electron chi connectivity index (χ4n) is 2.76. The van der Waals surface area contributed by atoms with E-state index in [1.54, 1.807) is 17.1 Å². The van der Waals surface area contributed by atoms with Crippen LogP contribution in [0.2, 0.25) is 0 Å². The maximum absolute atomic E-state index is 13.1. The Bertz CT molecular complexity index is 785. The van der Waals surface area contributed by atoms with Gasteiger partial charge in [0.05, 0.1) is 17.6 Å². The van der Waals surface area contributed by atoms with Crippen LogP contribution in [0.4, 0.5) is 0 Å². The molecule has 2 rings (SSSR count). The van der Waals surface area contributed by atoms with Crippen molar-refractivity contribution in [2.45, 2.75) is 59.0 Å². The second-order valence-electron chi connectivity index (χ2n) is 6.69. The van der Waals surface area contributed by atoms with Crippen molar-refractivity contribution in [3.8, 4) is 0 Å². The van der Waals surface area contributed by atoms with E-state index in [9.17, 15) is 8.42 Å². The van der Waals surface area contributed by atoms with Crippen molar-refractivity contribution in [2.24, 2.45) is 5.92 Å². The van der Waals surface area contributed by atoms with Crippen molar-refractivity contribution in [2.75, 3.05) is 0 Å². The Morgan fingerprint density at radius 2 is 1.71 bits per heavy atom. The molecule has 0 spiro atoms. The van der Waals surface area contributed by atoms with Gasteiger partial charge in [-0.3, -0.25) is 4.68 Å². The lowest BCUT2D eigenvalue weighted by Crippen LogP contribution is -2.42. The van der Waals surface area contributed by atoms with E-state index >= 15 is 0 Å². The molecular formula is C17H26N4O2S. The number of sulfonamides is 1. The summed E-state index contributed by atoms with van der Waals surface area (Å²) in [7, 11) is -3.63. The second kappa shape index (κ2) is 7.03. The molecule has 2 aromatic rings. The molecular weight excluding hydrogens is 324 g/mol. The predicted octanol–water partition coefficient (Wildman–Crippen LogP) is 2.51. The van der Waals surface area contributed by atoms with Crippen molar-refractivity contribution in [3.63, 3.8) is 0 Å². The fraction of sp³-hybridized carbons (Fsp3) is 0.529. The summed E-state index contributed by atoms with van der Waals surface area (Å²) >= 11 is 0. The van der Waals surface area contributed by atoms with Crippen molar-refractivity contribution >= 4 is 10.0 Å². The highest BCUT2D eigenvalue weighted by molar-refractivity contribution is 7.89. The Morgan fingerprint density at radius 3 is 2.17 bits per heavy atom. The number of hydrogen-bond donors (Lipinski definition) is 1. The maximum atomic E-state index is 13.1. The minimum Gasteiger partial charge on any atom is -0.251 e. The number of benzene rings is 1. The van der Waals surface area contributed by atoms with Crippen LogP contribution < -0.4 is 4.72 Å². The molecule has 132 valence electrons. The van der Waals surface area contributed by atoms with Crippen molar-refractivity contribution in [3.05, 3.63) is 40.7 Å². The normalized spacial score (nSPS) is 13.5. The van der Waals surface area contributed by atoms with Crippen LogP contribution in [0, 0.1) is 33.6 Å². The summed E-state index contributed by atoms with van der Waals surface area (Å²) in [5.74, 6) is 0.121. The smallest absolute Gasteiger partial charge is 0.241 e. The van der Waals surface area contributed by atoms with Crippen molar-refractivity contribution < 1.29 is 8.42 Å². The van der Waals surface area contributed by atoms with Gasteiger partial charge in [-0.1, -0.05) is 25.1 Å². The van der Waals surface area contributed by atoms with Gasteiger partial charge >= 0.3 is 0 Å². The summed E-state index contributed by atoms with van der Waals surface area (Å²) in [6.45, 7) is 12.0. The highest BCUT2D eigenvalue weighted by atomic mass is 32.2. The Hall–Kier alpha value is -1.73. The minimum atomic E-state index is -3.63. The molecule has 0 saturated heterocycles. The van der Waals surface area contributed by atoms with Gasteiger partial charge in [0.25, 0.3) is 0 Å². The van der Waals surface area contributed by atoms with E-state index in [1.165, 1.54) is 0 Å². The molecule has 6 nitrogen and oxygen atoms in total. The van der Waals surface area contributed by atoms with Gasteiger partial charge in [-0.2, -0.15) is 0 Å². The summed E-state index contributed by atoms with van der Waals surface area (Å²) in [4.78, 5) is 0.393. The lowest BCUT2D eigenvalue weighted by Gasteiger charge is -2.24. The van der Waals surface area contributed by atoms with E-state index < -0.39 is 10.0 Å². The lowest BCUT2D eigenvalue weighted by atomic mass is 10.0. The minimum absolute atomic E-state index is 0.121. The summed E-state index contributed by atoms with van der Waals surface area (Å²) < 4.78 is 30.6. The molecule has 0 aliphatic carbocycles. The van der Waals surface area contributed by atoms with Crippen LogP contribution in [0.5, 0.6) is 0 Å². The molecule has 0 aliphatic heterocycles. The summed E-state index contributed by atoms with van der Waals surface area (Å²) in [6.07, 6.45) is 3.32. The van der Waals surface area contributed by atoms with Crippen LogP contribution in [0.15, 0.2) is 23.4 Å². The van der Waals surface area contributed by atoms with Crippen LogP contribution in [0.25, 0.3) is 0 Å². The first-order valence-corrected chi connectivity index (χ1v) is 9.55. The average molecular weight is 350 g/mol. The molecule has 1 unspecified atom stereocenters. The van der Waals surface area contributed by atoms with Gasteiger partial charge in [0.15, 0.2) is 0 Å². The van der Waals surface area contributed by atoms with Gasteiger partial charge in [-0.05, 0) is 55.9 Å². The largest absolute Gasteiger partial charge is 0.251 e. The Kier molecular flexibility index (Phi) is 5.45. The maximum Gasteiger partial charge on any atom is 0.241 e. The first-order chi connectivity index (χ1) is 11.1. The fourth-order valence-corrected chi connectivity index (χ4v) is 4.75.